The highest BCUT2D eigenvalue weighted by Crippen LogP contribution is 2.26. The van der Waals surface area contributed by atoms with Gasteiger partial charge in [0.05, 0.1) is 28.3 Å². The molecule has 0 N–H and O–H groups in total. The number of benzene rings is 1. The van der Waals surface area contributed by atoms with Crippen LogP contribution in [0, 0.1) is 0 Å². The lowest BCUT2D eigenvalue weighted by Gasteiger charge is -2.16. The van der Waals surface area contributed by atoms with Gasteiger partial charge in [-0.15, -0.1) is 0 Å². The Balaban J connectivity index is 1.48. The van der Waals surface area contributed by atoms with E-state index in [1.807, 2.05) is 12.1 Å². The second-order valence-corrected chi connectivity index (χ2v) is 9.08. The Labute approximate surface area is 133 Å². The molecule has 3 nitrogen and oxygen atoms in total. The van der Waals surface area contributed by atoms with E-state index in [4.69, 9.17) is 13.9 Å². The number of furan rings is 1. The number of ether oxygens (including phenoxy) is 2. The van der Waals surface area contributed by atoms with Crippen molar-refractivity contribution in [2.75, 3.05) is 13.2 Å². The van der Waals surface area contributed by atoms with Crippen molar-refractivity contribution in [3.05, 3.63) is 54.5 Å². The fourth-order valence-corrected chi connectivity index (χ4v) is 4.79. The summed E-state index contributed by atoms with van der Waals surface area (Å²) >= 11 is 0. The van der Waals surface area contributed by atoms with Crippen LogP contribution in [-0.4, -0.2) is 28.1 Å². The predicted molar refractivity (Wildman–Crippen MR) is 90.3 cm³/mol. The van der Waals surface area contributed by atoms with Crippen LogP contribution in [0.15, 0.2) is 53.1 Å². The predicted octanol–water partition coefficient (Wildman–Crippen LogP) is 3.28. The summed E-state index contributed by atoms with van der Waals surface area (Å²) in [6.45, 7) is 3.94. The van der Waals surface area contributed by atoms with Gasteiger partial charge in [-0.1, -0.05) is 54.5 Å². The quantitative estimate of drug-likeness (QED) is 0.526. The van der Waals surface area contributed by atoms with Gasteiger partial charge < -0.3 is 13.9 Å². The highest BCUT2D eigenvalue weighted by molar-refractivity contribution is 6.71. The Bertz CT molecular complexity index is 537. The summed E-state index contributed by atoms with van der Waals surface area (Å²) in [6, 6.07) is 16.1. The topological polar surface area (TPSA) is 34.9 Å². The molecule has 0 bridgehead atoms. The molecule has 1 aliphatic rings. The third kappa shape index (κ3) is 4.56. The van der Waals surface area contributed by atoms with Crippen molar-refractivity contribution in [2.45, 2.75) is 37.6 Å². The lowest BCUT2D eigenvalue weighted by Crippen LogP contribution is -2.25. The van der Waals surface area contributed by atoms with E-state index in [1.165, 1.54) is 12.5 Å². The van der Waals surface area contributed by atoms with Crippen LogP contribution in [0.5, 0.6) is 0 Å². The maximum atomic E-state index is 5.99. The Morgan fingerprint density at radius 2 is 2.05 bits per heavy atom. The van der Waals surface area contributed by atoms with Crippen molar-refractivity contribution in [3.8, 4) is 0 Å². The van der Waals surface area contributed by atoms with Gasteiger partial charge in [0.15, 0.2) is 0 Å². The summed E-state index contributed by atoms with van der Waals surface area (Å²) in [6.07, 6.45) is 4.29. The van der Waals surface area contributed by atoms with Gasteiger partial charge in [0.1, 0.15) is 18.0 Å². The molecule has 3 unspecified atom stereocenters. The first kappa shape index (κ1) is 15.5. The summed E-state index contributed by atoms with van der Waals surface area (Å²) in [5.74, 6) is 0.940. The highest BCUT2D eigenvalue weighted by Gasteiger charge is 2.25. The van der Waals surface area contributed by atoms with Crippen molar-refractivity contribution in [1.82, 2.24) is 0 Å². The molecule has 3 atom stereocenters. The van der Waals surface area contributed by atoms with E-state index < -0.39 is 8.80 Å². The summed E-state index contributed by atoms with van der Waals surface area (Å²) in [7, 11) is -0.836. The summed E-state index contributed by atoms with van der Waals surface area (Å²) < 4.78 is 16.8. The van der Waals surface area contributed by atoms with Crippen molar-refractivity contribution in [2.24, 2.45) is 0 Å². The number of epoxide rings is 1. The van der Waals surface area contributed by atoms with Gasteiger partial charge in [-0.05, 0) is 18.6 Å². The minimum atomic E-state index is -0.836. The van der Waals surface area contributed by atoms with E-state index in [9.17, 15) is 0 Å². The molecule has 1 saturated heterocycles. The summed E-state index contributed by atoms with van der Waals surface area (Å²) in [4.78, 5) is 0. The zero-order chi connectivity index (χ0) is 15.2. The highest BCUT2D eigenvalue weighted by atomic mass is 28.3. The van der Waals surface area contributed by atoms with E-state index in [1.54, 1.807) is 11.4 Å². The molecule has 0 amide bonds. The third-order valence-corrected chi connectivity index (χ3v) is 7.02. The van der Waals surface area contributed by atoms with E-state index in [0.717, 1.165) is 18.8 Å². The van der Waals surface area contributed by atoms with Gasteiger partial charge in [-0.25, -0.2) is 0 Å². The molecule has 118 valence electrons. The lowest BCUT2D eigenvalue weighted by atomic mass is 10.1. The minimum Gasteiger partial charge on any atom is -0.467 e. The van der Waals surface area contributed by atoms with Crippen molar-refractivity contribution < 1.29 is 13.9 Å². The van der Waals surface area contributed by atoms with Gasteiger partial charge >= 0.3 is 0 Å². The van der Waals surface area contributed by atoms with Crippen LogP contribution in [0.1, 0.15) is 24.7 Å². The maximum Gasteiger partial charge on any atom is 0.132 e. The fraction of sp³-hybridized carbons (Fsp3) is 0.444. The smallest absolute Gasteiger partial charge is 0.132 e. The van der Waals surface area contributed by atoms with Crippen LogP contribution in [0.2, 0.25) is 12.6 Å². The molecule has 22 heavy (non-hydrogen) atoms. The third-order valence-electron chi connectivity index (χ3n) is 4.22. The van der Waals surface area contributed by atoms with Crippen LogP contribution in [-0.2, 0) is 9.47 Å². The molecular weight excluding hydrogens is 292 g/mol. The molecule has 1 aromatic heterocycles. The molecule has 3 rings (SSSR count). The minimum absolute atomic E-state index is 0.0659. The standard InChI is InChI=1S/C18H24O3Si/c1-22(16-7-3-2-4-8-16)12-6-10-18(17-9-5-11-19-17)21-14-15-13-20-15/h2-5,7-9,11,15,18,22H,6,10,12-14H2,1H3. The van der Waals surface area contributed by atoms with Gasteiger partial charge in [-0.3, -0.25) is 0 Å². The fourth-order valence-electron chi connectivity index (χ4n) is 2.73. The van der Waals surface area contributed by atoms with Crippen LogP contribution >= 0.6 is 0 Å². The molecular formula is C18H24O3Si. The second kappa shape index (κ2) is 7.77. The molecule has 2 heterocycles. The molecule has 0 radical (unpaired) electrons. The first-order valence-electron chi connectivity index (χ1n) is 8.14. The lowest BCUT2D eigenvalue weighted by molar-refractivity contribution is 0.0223. The van der Waals surface area contributed by atoms with Crippen LogP contribution < -0.4 is 5.19 Å². The van der Waals surface area contributed by atoms with Crippen LogP contribution in [0.4, 0.5) is 0 Å². The Hall–Kier alpha value is -1.36. The normalized spacial score (nSPS) is 19.8. The van der Waals surface area contributed by atoms with E-state index >= 15 is 0 Å². The second-order valence-electron chi connectivity index (χ2n) is 6.04. The number of rotatable bonds is 9. The molecule has 0 saturated carbocycles. The molecule has 0 aliphatic carbocycles. The molecule has 1 aromatic carbocycles. The first-order valence-corrected chi connectivity index (χ1v) is 10.7. The monoisotopic (exact) mass is 316 g/mol. The molecule has 0 spiro atoms. The Kier molecular flexibility index (Phi) is 5.48. The SMILES string of the molecule is C[SiH](CCCC(OCC1CO1)c1ccco1)c1ccccc1. The van der Waals surface area contributed by atoms with Gasteiger partial charge in [0.25, 0.3) is 0 Å². The van der Waals surface area contributed by atoms with Gasteiger partial charge in [-0.2, -0.15) is 0 Å². The van der Waals surface area contributed by atoms with E-state index in [-0.39, 0.29) is 6.10 Å². The molecule has 4 heteroatoms. The summed E-state index contributed by atoms with van der Waals surface area (Å²) in [5, 5.41) is 1.55. The van der Waals surface area contributed by atoms with Crippen molar-refractivity contribution in [1.29, 1.82) is 0 Å². The Morgan fingerprint density at radius 1 is 1.23 bits per heavy atom. The van der Waals surface area contributed by atoms with Crippen LogP contribution in [0.25, 0.3) is 0 Å². The average molecular weight is 316 g/mol. The van der Waals surface area contributed by atoms with E-state index in [2.05, 4.69) is 36.9 Å². The van der Waals surface area contributed by atoms with Gasteiger partial charge in [0.2, 0.25) is 0 Å². The molecule has 2 aromatic rings. The zero-order valence-corrected chi connectivity index (χ0v) is 14.3. The van der Waals surface area contributed by atoms with E-state index in [0.29, 0.717) is 12.7 Å². The Morgan fingerprint density at radius 3 is 2.73 bits per heavy atom. The van der Waals surface area contributed by atoms with Crippen molar-refractivity contribution >= 4 is 14.0 Å². The average Bonchev–Trinajstić information content (AvgIpc) is 3.23. The first-order chi connectivity index (χ1) is 10.8. The number of hydrogen-bond acceptors (Lipinski definition) is 3. The summed E-state index contributed by atoms with van der Waals surface area (Å²) in [5.41, 5.74) is 0. The zero-order valence-electron chi connectivity index (χ0n) is 13.1. The molecule has 1 aliphatic heterocycles. The van der Waals surface area contributed by atoms with Crippen LogP contribution in [0.3, 0.4) is 0 Å². The van der Waals surface area contributed by atoms with Crippen molar-refractivity contribution in [3.63, 3.8) is 0 Å². The largest absolute Gasteiger partial charge is 0.467 e. The van der Waals surface area contributed by atoms with Gasteiger partial charge in [0, 0.05) is 0 Å². The maximum absolute atomic E-state index is 5.99. The molecule has 1 fully saturated rings. The number of hydrogen-bond donors (Lipinski definition) is 0.